The fourth-order valence-corrected chi connectivity index (χ4v) is 0.987. The van der Waals surface area contributed by atoms with Gasteiger partial charge in [0, 0.05) is 0 Å². The Labute approximate surface area is 96.8 Å². The minimum atomic E-state index is 1.14. The number of rotatable bonds is 0. The molecule has 15 heavy (non-hydrogen) atoms. The lowest BCUT2D eigenvalue weighted by atomic mass is 10.2. The van der Waals surface area contributed by atoms with E-state index >= 15 is 0 Å². The first kappa shape index (κ1) is 19.6. The summed E-state index contributed by atoms with van der Waals surface area (Å²) in [6.45, 7) is 16.4. The van der Waals surface area contributed by atoms with Crippen LogP contribution in [0.25, 0.3) is 0 Å². The molecule has 0 amide bonds. The van der Waals surface area contributed by atoms with Crippen molar-refractivity contribution >= 4 is 0 Å². The molecular formula is C14H29N. The van der Waals surface area contributed by atoms with Gasteiger partial charge in [0.2, 0.25) is 0 Å². The molecule has 0 heterocycles. The summed E-state index contributed by atoms with van der Waals surface area (Å²) >= 11 is 0. The molecule has 1 rings (SSSR count). The predicted molar refractivity (Wildman–Crippen MR) is 73.8 cm³/mol. The van der Waals surface area contributed by atoms with Crippen molar-refractivity contribution in [3.63, 3.8) is 0 Å². The van der Waals surface area contributed by atoms with Gasteiger partial charge in [-0.15, -0.1) is 13.2 Å². The summed E-state index contributed by atoms with van der Waals surface area (Å²) in [5, 5.41) is 0. The molecule has 0 aliphatic heterocycles. The van der Waals surface area contributed by atoms with E-state index in [0.717, 1.165) is 6.42 Å². The second-order valence-electron chi connectivity index (χ2n) is 2.82. The Balaban J connectivity index is -0.000000176. The van der Waals surface area contributed by atoms with Crippen LogP contribution in [0.15, 0.2) is 36.6 Å². The van der Waals surface area contributed by atoms with Crippen molar-refractivity contribution in [2.24, 2.45) is 5.73 Å². The summed E-state index contributed by atoms with van der Waals surface area (Å²) in [4.78, 5) is 0. The standard InChI is InChI=1S/C7H11N.C3H8.C2H6.C2H4/c1-6-3-2-4-7(6)5-8;1-3-2;2*1-2/h3,5H,2,4,8H2,1H3;3H2,1-2H3;1-2H3;1-2H2/b7-5-;;;. The van der Waals surface area contributed by atoms with E-state index in [9.17, 15) is 0 Å². The summed E-state index contributed by atoms with van der Waals surface area (Å²) < 4.78 is 0. The van der Waals surface area contributed by atoms with Crippen LogP contribution in [0.3, 0.4) is 0 Å². The van der Waals surface area contributed by atoms with Crippen molar-refractivity contribution in [1.82, 2.24) is 0 Å². The molecule has 0 aromatic carbocycles. The maximum absolute atomic E-state index is 5.32. The molecule has 0 radical (unpaired) electrons. The highest BCUT2D eigenvalue weighted by atomic mass is 14.5. The molecule has 0 bridgehead atoms. The molecule has 1 aliphatic rings. The molecule has 1 aliphatic carbocycles. The largest absolute Gasteiger partial charge is 0.404 e. The molecule has 0 unspecified atom stereocenters. The third-order valence-electron chi connectivity index (χ3n) is 1.57. The van der Waals surface area contributed by atoms with Crippen LogP contribution in [0, 0.1) is 0 Å². The normalized spacial score (nSPS) is 14.7. The van der Waals surface area contributed by atoms with E-state index in [1.54, 1.807) is 6.20 Å². The van der Waals surface area contributed by atoms with Crippen LogP contribution in [0.5, 0.6) is 0 Å². The number of allylic oxidation sites excluding steroid dienone is 3. The quantitative estimate of drug-likeness (QED) is 0.571. The average Bonchev–Trinajstić information content (AvgIpc) is 2.71. The molecule has 0 fully saturated rings. The van der Waals surface area contributed by atoms with Gasteiger partial charge in [-0.25, -0.2) is 0 Å². The Morgan fingerprint density at radius 1 is 1.33 bits per heavy atom. The first-order chi connectivity index (χ1) is 7.26. The molecule has 1 nitrogen and oxygen atoms in total. The Morgan fingerprint density at radius 2 is 1.73 bits per heavy atom. The molecule has 1 heteroatoms. The third-order valence-corrected chi connectivity index (χ3v) is 1.57. The highest BCUT2D eigenvalue weighted by Crippen LogP contribution is 2.22. The lowest BCUT2D eigenvalue weighted by Crippen LogP contribution is -1.84. The summed E-state index contributed by atoms with van der Waals surface area (Å²) in [5.74, 6) is 0. The first-order valence-electron chi connectivity index (χ1n) is 5.84. The van der Waals surface area contributed by atoms with Gasteiger partial charge in [-0.05, 0) is 31.5 Å². The Kier molecular flexibility index (Phi) is 24.4. The zero-order valence-electron chi connectivity index (χ0n) is 11.3. The SMILES string of the molecule is C=C.CC.CC1=CCC/C1=C/N.CCC. The van der Waals surface area contributed by atoms with Crippen molar-refractivity contribution in [2.45, 2.75) is 53.9 Å². The Bertz CT molecular complexity index is 166. The molecule has 0 spiro atoms. The summed E-state index contributed by atoms with van der Waals surface area (Å²) in [5.41, 5.74) is 7.99. The van der Waals surface area contributed by atoms with Gasteiger partial charge in [-0.2, -0.15) is 0 Å². The van der Waals surface area contributed by atoms with Crippen LogP contribution >= 0.6 is 0 Å². The molecule has 0 atom stereocenters. The van der Waals surface area contributed by atoms with E-state index in [-0.39, 0.29) is 0 Å². The van der Waals surface area contributed by atoms with Gasteiger partial charge in [0.05, 0.1) is 0 Å². The Hall–Kier alpha value is -0.980. The molecule has 0 aromatic heterocycles. The summed E-state index contributed by atoms with van der Waals surface area (Å²) in [7, 11) is 0. The second kappa shape index (κ2) is 18.7. The first-order valence-corrected chi connectivity index (χ1v) is 5.84. The lowest BCUT2D eigenvalue weighted by molar-refractivity contribution is 1.05. The maximum Gasteiger partial charge on any atom is -0.00270 e. The van der Waals surface area contributed by atoms with E-state index in [2.05, 4.69) is 40.0 Å². The fourth-order valence-electron chi connectivity index (χ4n) is 0.987. The average molecular weight is 211 g/mol. The fraction of sp³-hybridized carbons (Fsp3) is 0.571. The van der Waals surface area contributed by atoms with E-state index < -0.39 is 0 Å². The van der Waals surface area contributed by atoms with Crippen LogP contribution in [0.2, 0.25) is 0 Å². The zero-order valence-corrected chi connectivity index (χ0v) is 11.3. The molecule has 0 aromatic rings. The molecule has 90 valence electrons. The van der Waals surface area contributed by atoms with Crippen LogP contribution < -0.4 is 5.73 Å². The van der Waals surface area contributed by atoms with Crippen molar-refractivity contribution in [2.75, 3.05) is 0 Å². The zero-order chi connectivity index (χ0) is 12.7. The van der Waals surface area contributed by atoms with Gasteiger partial charge in [0.1, 0.15) is 0 Å². The third kappa shape index (κ3) is 13.0. The van der Waals surface area contributed by atoms with Gasteiger partial charge in [-0.3, -0.25) is 0 Å². The van der Waals surface area contributed by atoms with Crippen molar-refractivity contribution < 1.29 is 0 Å². The highest BCUT2D eigenvalue weighted by Gasteiger charge is 2.03. The topological polar surface area (TPSA) is 26.0 Å². The van der Waals surface area contributed by atoms with E-state index in [1.165, 1.54) is 24.0 Å². The van der Waals surface area contributed by atoms with E-state index in [1.807, 2.05) is 13.8 Å². The van der Waals surface area contributed by atoms with E-state index in [4.69, 9.17) is 5.73 Å². The Morgan fingerprint density at radius 3 is 1.87 bits per heavy atom. The van der Waals surface area contributed by atoms with Crippen molar-refractivity contribution in [3.05, 3.63) is 36.6 Å². The van der Waals surface area contributed by atoms with Crippen LogP contribution in [0.4, 0.5) is 0 Å². The van der Waals surface area contributed by atoms with Gasteiger partial charge in [0.15, 0.2) is 0 Å². The van der Waals surface area contributed by atoms with Crippen LogP contribution in [-0.4, -0.2) is 0 Å². The number of nitrogens with two attached hydrogens (primary N) is 1. The smallest absolute Gasteiger partial charge is 0.00270 e. The minimum absolute atomic E-state index is 1.14. The van der Waals surface area contributed by atoms with Gasteiger partial charge >= 0.3 is 0 Å². The van der Waals surface area contributed by atoms with Gasteiger partial charge in [0.25, 0.3) is 0 Å². The van der Waals surface area contributed by atoms with Crippen molar-refractivity contribution in [3.8, 4) is 0 Å². The molecule has 2 N–H and O–H groups in total. The summed E-state index contributed by atoms with van der Waals surface area (Å²) in [6, 6.07) is 0. The van der Waals surface area contributed by atoms with Gasteiger partial charge < -0.3 is 5.73 Å². The molecule has 0 saturated heterocycles. The second-order valence-corrected chi connectivity index (χ2v) is 2.82. The maximum atomic E-state index is 5.32. The van der Waals surface area contributed by atoms with Crippen LogP contribution in [-0.2, 0) is 0 Å². The molecule has 0 saturated carbocycles. The van der Waals surface area contributed by atoms with Crippen molar-refractivity contribution in [1.29, 1.82) is 0 Å². The molecular weight excluding hydrogens is 182 g/mol. The predicted octanol–water partition coefficient (Wildman–Crippen LogP) is 4.81. The monoisotopic (exact) mass is 211 g/mol. The minimum Gasteiger partial charge on any atom is -0.404 e. The lowest BCUT2D eigenvalue weighted by Gasteiger charge is -1.92. The summed E-state index contributed by atoms with van der Waals surface area (Å²) in [6.07, 6.45) is 7.49. The van der Waals surface area contributed by atoms with Crippen LogP contribution in [0.1, 0.15) is 53.9 Å². The highest BCUT2D eigenvalue weighted by molar-refractivity contribution is 5.32. The number of hydrogen-bond acceptors (Lipinski definition) is 1. The number of hydrogen-bond donors (Lipinski definition) is 1. The van der Waals surface area contributed by atoms with Gasteiger partial charge in [-0.1, -0.05) is 45.8 Å². The van der Waals surface area contributed by atoms with E-state index in [0.29, 0.717) is 0 Å².